The minimum absolute atomic E-state index is 0.0615. The van der Waals surface area contributed by atoms with Crippen molar-refractivity contribution in [3.8, 4) is 0 Å². The molecule has 2 aromatic carbocycles. The van der Waals surface area contributed by atoms with E-state index < -0.39 is 17.6 Å². The van der Waals surface area contributed by atoms with Gasteiger partial charge >= 0.3 is 6.18 Å². The highest BCUT2D eigenvalue weighted by atomic mass is 35.5. The van der Waals surface area contributed by atoms with Gasteiger partial charge in [-0.3, -0.25) is 4.79 Å². The molecule has 0 heterocycles. The highest BCUT2D eigenvalue weighted by molar-refractivity contribution is 6.34. The standard InChI is InChI=1S/C15H11ClF3NO/c1-9-5-6-12(13(16)7-9)14(21)20-11-4-2-3-10(8-11)15(17,18)19/h2-8H,1H3,(H,20,21). The Morgan fingerprint density at radius 3 is 2.48 bits per heavy atom. The van der Waals surface area contributed by atoms with Crippen molar-refractivity contribution in [3.05, 3.63) is 64.2 Å². The highest BCUT2D eigenvalue weighted by Crippen LogP contribution is 2.30. The smallest absolute Gasteiger partial charge is 0.322 e. The van der Waals surface area contributed by atoms with Gasteiger partial charge in [-0.25, -0.2) is 0 Å². The van der Waals surface area contributed by atoms with Crippen LogP contribution < -0.4 is 5.32 Å². The lowest BCUT2D eigenvalue weighted by atomic mass is 10.1. The number of alkyl halides is 3. The largest absolute Gasteiger partial charge is 0.416 e. The minimum Gasteiger partial charge on any atom is -0.322 e. The van der Waals surface area contributed by atoms with Crippen molar-refractivity contribution in [2.24, 2.45) is 0 Å². The average Bonchev–Trinajstić information content (AvgIpc) is 2.37. The molecular formula is C15H11ClF3NO. The van der Waals surface area contributed by atoms with Gasteiger partial charge in [-0.1, -0.05) is 23.7 Å². The van der Waals surface area contributed by atoms with Gasteiger partial charge in [-0.15, -0.1) is 0 Å². The molecule has 0 spiro atoms. The molecule has 21 heavy (non-hydrogen) atoms. The Morgan fingerprint density at radius 1 is 1.14 bits per heavy atom. The van der Waals surface area contributed by atoms with Crippen molar-refractivity contribution < 1.29 is 18.0 Å². The van der Waals surface area contributed by atoms with E-state index in [-0.39, 0.29) is 16.3 Å². The summed E-state index contributed by atoms with van der Waals surface area (Å²) >= 11 is 5.95. The second-order valence-electron chi connectivity index (χ2n) is 4.52. The molecule has 0 unspecified atom stereocenters. The summed E-state index contributed by atoms with van der Waals surface area (Å²) in [6.45, 7) is 1.82. The number of nitrogens with one attached hydrogen (secondary N) is 1. The Kier molecular flexibility index (Phi) is 4.23. The Labute approximate surface area is 124 Å². The topological polar surface area (TPSA) is 29.1 Å². The third kappa shape index (κ3) is 3.76. The predicted octanol–water partition coefficient (Wildman–Crippen LogP) is 4.92. The first-order valence-corrected chi connectivity index (χ1v) is 6.40. The van der Waals surface area contributed by atoms with E-state index in [9.17, 15) is 18.0 Å². The number of amides is 1. The van der Waals surface area contributed by atoms with E-state index in [0.29, 0.717) is 0 Å². The van der Waals surface area contributed by atoms with Gasteiger partial charge in [0, 0.05) is 5.69 Å². The van der Waals surface area contributed by atoms with Gasteiger partial charge in [-0.2, -0.15) is 13.2 Å². The van der Waals surface area contributed by atoms with Crippen molar-refractivity contribution in [2.45, 2.75) is 13.1 Å². The van der Waals surface area contributed by atoms with Gasteiger partial charge in [0.2, 0.25) is 0 Å². The molecule has 2 aromatic rings. The number of benzene rings is 2. The summed E-state index contributed by atoms with van der Waals surface area (Å²) in [6.07, 6.45) is -4.46. The number of carbonyl (C=O) groups is 1. The molecular weight excluding hydrogens is 303 g/mol. The van der Waals surface area contributed by atoms with E-state index in [0.717, 1.165) is 17.7 Å². The molecule has 0 aliphatic rings. The summed E-state index contributed by atoms with van der Waals surface area (Å²) in [4.78, 5) is 12.0. The van der Waals surface area contributed by atoms with Crippen LogP contribution in [0.4, 0.5) is 18.9 Å². The third-order valence-electron chi connectivity index (χ3n) is 2.82. The molecule has 0 atom stereocenters. The first-order valence-electron chi connectivity index (χ1n) is 6.02. The fraction of sp³-hybridized carbons (Fsp3) is 0.133. The first-order chi connectivity index (χ1) is 9.77. The quantitative estimate of drug-likeness (QED) is 0.837. The van der Waals surface area contributed by atoms with Crippen molar-refractivity contribution in [3.63, 3.8) is 0 Å². The molecule has 0 bridgehead atoms. The van der Waals surface area contributed by atoms with Crippen LogP contribution >= 0.6 is 11.6 Å². The van der Waals surface area contributed by atoms with E-state index in [2.05, 4.69) is 5.32 Å². The van der Waals surface area contributed by atoms with Crippen LogP contribution in [0, 0.1) is 6.92 Å². The molecule has 1 amide bonds. The summed E-state index contributed by atoms with van der Waals surface area (Å²) in [6, 6.07) is 9.27. The minimum atomic E-state index is -4.46. The molecule has 110 valence electrons. The summed E-state index contributed by atoms with van der Waals surface area (Å²) in [5.41, 5.74) is 0.331. The number of carbonyl (C=O) groups excluding carboxylic acids is 1. The molecule has 6 heteroatoms. The lowest BCUT2D eigenvalue weighted by molar-refractivity contribution is -0.137. The molecule has 2 rings (SSSR count). The van der Waals surface area contributed by atoms with Gasteiger partial charge < -0.3 is 5.32 Å². The second kappa shape index (κ2) is 5.77. The number of halogens is 4. The van der Waals surface area contributed by atoms with Gasteiger partial charge in [0.05, 0.1) is 16.1 Å². The number of anilines is 1. The number of rotatable bonds is 2. The van der Waals surface area contributed by atoms with Gasteiger partial charge in [0.25, 0.3) is 5.91 Å². The molecule has 0 aromatic heterocycles. The van der Waals surface area contributed by atoms with Crippen molar-refractivity contribution in [2.75, 3.05) is 5.32 Å². The van der Waals surface area contributed by atoms with E-state index in [1.165, 1.54) is 18.2 Å². The maximum atomic E-state index is 12.6. The second-order valence-corrected chi connectivity index (χ2v) is 4.92. The monoisotopic (exact) mass is 313 g/mol. The van der Waals surface area contributed by atoms with E-state index >= 15 is 0 Å². The molecule has 0 saturated carbocycles. The Bertz CT molecular complexity index is 683. The molecule has 0 saturated heterocycles. The van der Waals surface area contributed by atoms with Gasteiger partial charge in [-0.05, 0) is 42.8 Å². The average molecular weight is 314 g/mol. The van der Waals surface area contributed by atoms with Crippen LogP contribution in [0.25, 0.3) is 0 Å². The Hall–Kier alpha value is -2.01. The van der Waals surface area contributed by atoms with Gasteiger partial charge in [0.15, 0.2) is 0 Å². The summed E-state index contributed by atoms with van der Waals surface area (Å²) in [5, 5.41) is 2.66. The summed E-state index contributed by atoms with van der Waals surface area (Å²) in [5.74, 6) is -0.556. The Morgan fingerprint density at radius 2 is 1.86 bits per heavy atom. The fourth-order valence-corrected chi connectivity index (χ4v) is 2.10. The van der Waals surface area contributed by atoms with Crippen LogP contribution in [0.15, 0.2) is 42.5 Å². The number of hydrogen-bond donors (Lipinski definition) is 1. The normalized spacial score (nSPS) is 11.3. The summed E-state index contributed by atoms with van der Waals surface area (Å²) in [7, 11) is 0. The van der Waals surface area contributed by atoms with Gasteiger partial charge in [0.1, 0.15) is 0 Å². The van der Waals surface area contributed by atoms with Crippen LogP contribution in [-0.4, -0.2) is 5.91 Å². The maximum Gasteiger partial charge on any atom is 0.416 e. The lowest BCUT2D eigenvalue weighted by Crippen LogP contribution is -2.13. The van der Waals surface area contributed by atoms with Crippen molar-refractivity contribution in [1.82, 2.24) is 0 Å². The molecule has 0 fully saturated rings. The highest BCUT2D eigenvalue weighted by Gasteiger charge is 2.30. The molecule has 2 nitrogen and oxygen atoms in total. The zero-order chi connectivity index (χ0) is 15.6. The zero-order valence-electron chi connectivity index (χ0n) is 11.0. The van der Waals surface area contributed by atoms with Crippen LogP contribution in [-0.2, 0) is 6.18 Å². The van der Waals surface area contributed by atoms with E-state index in [1.807, 2.05) is 6.92 Å². The molecule has 0 aliphatic heterocycles. The SMILES string of the molecule is Cc1ccc(C(=O)Nc2cccc(C(F)(F)F)c2)c(Cl)c1. The van der Waals surface area contributed by atoms with Crippen molar-refractivity contribution in [1.29, 1.82) is 0 Å². The fourth-order valence-electron chi connectivity index (χ4n) is 1.78. The van der Waals surface area contributed by atoms with Crippen LogP contribution in [0.5, 0.6) is 0 Å². The van der Waals surface area contributed by atoms with Crippen LogP contribution in [0.2, 0.25) is 5.02 Å². The van der Waals surface area contributed by atoms with Crippen LogP contribution in [0.3, 0.4) is 0 Å². The number of hydrogen-bond acceptors (Lipinski definition) is 1. The maximum absolute atomic E-state index is 12.6. The molecule has 0 aliphatic carbocycles. The molecule has 0 radical (unpaired) electrons. The third-order valence-corrected chi connectivity index (χ3v) is 3.13. The summed E-state index contributed by atoms with van der Waals surface area (Å²) < 4.78 is 37.8. The van der Waals surface area contributed by atoms with E-state index in [1.54, 1.807) is 12.1 Å². The Balaban J connectivity index is 2.24. The lowest BCUT2D eigenvalue weighted by Gasteiger charge is -2.10. The zero-order valence-corrected chi connectivity index (χ0v) is 11.7. The van der Waals surface area contributed by atoms with Crippen LogP contribution in [0.1, 0.15) is 21.5 Å². The first kappa shape index (κ1) is 15.4. The predicted molar refractivity (Wildman–Crippen MR) is 75.6 cm³/mol. The van der Waals surface area contributed by atoms with E-state index in [4.69, 9.17) is 11.6 Å². The number of aryl methyl sites for hydroxylation is 1. The molecule has 1 N–H and O–H groups in total. The van der Waals surface area contributed by atoms with Crippen molar-refractivity contribution >= 4 is 23.2 Å².